The lowest BCUT2D eigenvalue weighted by molar-refractivity contribution is -0.142. The molecule has 0 fully saturated rings. The Bertz CT molecular complexity index is 78.6. The smallest absolute Gasteiger partial charge is 0.306 e. The predicted molar refractivity (Wildman–Crippen MR) is 31.2 cm³/mol. The zero-order valence-corrected chi connectivity index (χ0v) is 5.31. The highest BCUT2D eigenvalue weighted by molar-refractivity contribution is 5.73. The maximum Gasteiger partial charge on any atom is 0.306 e. The summed E-state index contributed by atoms with van der Waals surface area (Å²) < 4.78 is 4.65. The molecule has 0 amide bonds. The van der Waals surface area contributed by atoms with Crippen molar-refractivity contribution in [3.63, 3.8) is 0 Å². The number of carbonyl (C=O) groups is 1. The molecule has 2 heteroatoms. The first-order valence-corrected chi connectivity index (χ1v) is 2.69. The molecule has 0 spiro atoms. The van der Waals surface area contributed by atoms with Gasteiger partial charge in [0.15, 0.2) is 0 Å². The zero-order chi connectivity index (χ0) is 6.57. The molecule has 0 aromatic heterocycles. The molecule has 0 aromatic carbocycles. The maximum absolute atomic E-state index is 10.1. The number of carbonyl (C=O) groups excluding carboxylic acids is 1. The van der Waals surface area contributed by atoms with Gasteiger partial charge < -0.3 is 4.74 Å². The lowest BCUT2D eigenvalue weighted by atomic mass is 10.3. The van der Waals surface area contributed by atoms with E-state index in [1.807, 2.05) is 13.8 Å². The summed E-state index contributed by atoms with van der Waals surface area (Å²) in [5.41, 5.74) is 0. The van der Waals surface area contributed by atoms with Gasteiger partial charge in [-0.2, -0.15) is 0 Å². The Kier molecular flexibility index (Phi) is 3.24. The van der Waals surface area contributed by atoms with Crippen LogP contribution in [-0.2, 0) is 9.53 Å². The van der Waals surface area contributed by atoms with Gasteiger partial charge in [-0.3, -0.25) is 4.79 Å². The lowest BCUT2D eigenvalue weighted by Crippen LogP contribution is -2.10. The van der Waals surface area contributed by atoms with E-state index >= 15 is 0 Å². The second-order valence-electron chi connectivity index (χ2n) is 1.71. The normalized spacial score (nSPS) is 12.9. The molecular formula is C6H11O2. The van der Waals surface area contributed by atoms with E-state index in [9.17, 15) is 4.79 Å². The van der Waals surface area contributed by atoms with Gasteiger partial charge in [0.1, 0.15) is 0 Å². The van der Waals surface area contributed by atoms with Gasteiger partial charge in [0.25, 0.3) is 0 Å². The lowest BCUT2D eigenvalue weighted by Gasteiger charge is -2.06. The van der Waals surface area contributed by atoms with Crippen molar-refractivity contribution < 1.29 is 9.53 Å². The molecule has 8 heavy (non-hydrogen) atoms. The van der Waals surface area contributed by atoms with E-state index < -0.39 is 5.97 Å². The van der Waals surface area contributed by atoms with Crippen molar-refractivity contribution in [3.05, 3.63) is 6.92 Å². The molecule has 1 atom stereocenters. The molecule has 0 aliphatic heterocycles. The summed E-state index contributed by atoms with van der Waals surface area (Å²) in [6.07, 6.45) is 0.862. The van der Waals surface area contributed by atoms with Crippen molar-refractivity contribution in [2.45, 2.75) is 26.4 Å². The maximum atomic E-state index is 10.1. The summed E-state index contributed by atoms with van der Waals surface area (Å²) in [6.45, 7) is 6.85. The molecule has 0 saturated carbocycles. The van der Waals surface area contributed by atoms with Crippen molar-refractivity contribution in [1.82, 2.24) is 0 Å². The van der Waals surface area contributed by atoms with Crippen LogP contribution in [-0.4, -0.2) is 12.1 Å². The van der Waals surface area contributed by atoms with E-state index in [-0.39, 0.29) is 6.10 Å². The standard InChI is InChI=1S/C6H11O2/c1-4-5(2)8-6(3)7/h5H,3-4H2,1-2H3. The minimum atomic E-state index is -0.445. The minimum absolute atomic E-state index is 0.0139. The van der Waals surface area contributed by atoms with Gasteiger partial charge in [-0.25, -0.2) is 0 Å². The third-order valence-electron chi connectivity index (χ3n) is 0.908. The monoisotopic (exact) mass is 115 g/mol. The first-order valence-electron chi connectivity index (χ1n) is 2.69. The van der Waals surface area contributed by atoms with Crippen molar-refractivity contribution in [1.29, 1.82) is 0 Å². The molecule has 1 radical (unpaired) electrons. The Morgan fingerprint density at radius 1 is 1.88 bits per heavy atom. The van der Waals surface area contributed by atoms with Gasteiger partial charge in [0.05, 0.1) is 13.0 Å². The van der Waals surface area contributed by atoms with Crippen molar-refractivity contribution >= 4 is 5.97 Å². The molecule has 0 saturated heterocycles. The van der Waals surface area contributed by atoms with Crippen LogP contribution < -0.4 is 0 Å². The molecule has 1 unspecified atom stereocenters. The fourth-order valence-corrected chi connectivity index (χ4v) is 0.308. The number of hydrogen-bond acceptors (Lipinski definition) is 2. The summed E-state index contributed by atoms with van der Waals surface area (Å²) in [7, 11) is 0. The molecule has 0 aliphatic rings. The molecule has 0 rings (SSSR count). The van der Waals surface area contributed by atoms with Gasteiger partial charge >= 0.3 is 5.97 Å². The van der Waals surface area contributed by atoms with Crippen molar-refractivity contribution in [2.24, 2.45) is 0 Å². The van der Waals surface area contributed by atoms with Crippen LogP contribution in [0.15, 0.2) is 0 Å². The summed E-state index contributed by atoms with van der Waals surface area (Å²) in [6, 6.07) is 0. The second-order valence-corrected chi connectivity index (χ2v) is 1.71. The fraction of sp³-hybridized carbons (Fsp3) is 0.667. The summed E-state index contributed by atoms with van der Waals surface area (Å²) in [5.74, 6) is -0.445. The summed E-state index contributed by atoms with van der Waals surface area (Å²) in [5, 5.41) is 0. The molecule has 0 heterocycles. The third kappa shape index (κ3) is 3.65. The molecule has 2 nitrogen and oxygen atoms in total. The van der Waals surface area contributed by atoms with Gasteiger partial charge in [-0.15, -0.1) is 0 Å². The Balaban J connectivity index is 3.24. The summed E-state index contributed by atoms with van der Waals surface area (Å²) >= 11 is 0. The van der Waals surface area contributed by atoms with Gasteiger partial charge in [-0.05, 0) is 13.3 Å². The fourth-order valence-electron chi connectivity index (χ4n) is 0.308. The Morgan fingerprint density at radius 2 is 2.38 bits per heavy atom. The quantitative estimate of drug-likeness (QED) is 0.505. The van der Waals surface area contributed by atoms with E-state index in [2.05, 4.69) is 11.7 Å². The predicted octanol–water partition coefficient (Wildman–Crippen LogP) is 1.16. The van der Waals surface area contributed by atoms with Crippen LogP contribution in [0.1, 0.15) is 20.3 Å². The number of ether oxygens (including phenoxy) is 1. The average Bonchev–Trinajstić information content (AvgIpc) is 1.65. The number of rotatable bonds is 2. The molecular weight excluding hydrogens is 104 g/mol. The molecule has 0 bridgehead atoms. The Labute approximate surface area is 49.8 Å². The summed E-state index contributed by atoms with van der Waals surface area (Å²) in [4.78, 5) is 10.1. The van der Waals surface area contributed by atoms with E-state index in [0.29, 0.717) is 0 Å². The van der Waals surface area contributed by atoms with Gasteiger partial charge in [-0.1, -0.05) is 6.92 Å². The third-order valence-corrected chi connectivity index (χ3v) is 0.908. The van der Waals surface area contributed by atoms with Crippen molar-refractivity contribution in [2.75, 3.05) is 0 Å². The highest BCUT2D eigenvalue weighted by Gasteiger charge is 1.99. The van der Waals surface area contributed by atoms with Crippen LogP contribution in [0.5, 0.6) is 0 Å². The van der Waals surface area contributed by atoms with Crippen LogP contribution in [0.4, 0.5) is 0 Å². The molecule has 47 valence electrons. The van der Waals surface area contributed by atoms with Gasteiger partial charge in [0, 0.05) is 0 Å². The van der Waals surface area contributed by atoms with E-state index in [0.717, 1.165) is 6.42 Å². The highest BCUT2D eigenvalue weighted by atomic mass is 16.5. The first-order chi connectivity index (χ1) is 3.66. The van der Waals surface area contributed by atoms with Crippen LogP contribution in [0.2, 0.25) is 0 Å². The van der Waals surface area contributed by atoms with Crippen LogP contribution in [0.25, 0.3) is 0 Å². The first kappa shape index (κ1) is 7.47. The Morgan fingerprint density at radius 3 is 2.50 bits per heavy atom. The van der Waals surface area contributed by atoms with Crippen molar-refractivity contribution in [3.8, 4) is 0 Å². The number of hydrogen-bond donors (Lipinski definition) is 0. The molecule has 0 aromatic rings. The SMILES string of the molecule is [CH2]C(=O)OC(C)CC. The molecule has 0 aliphatic carbocycles. The van der Waals surface area contributed by atoms with E-state index in [4.69, 9.17) is 0 Å². The van der Waals surface area contributed by atoms with E-state index in [1.165, 1.54) is 0 Å². The topological polar surface area (TPSA) is 26.3 Å². The Hall–Kier alpha value is -0.530. The van der Waals surface area contributed by atoms with Gasteiger partial charge in [0.2, 0.25) is 0 Å². The number of esters is 1. The highest BCUT2D eigenvalue weighted by Crippen LogP contribution is 1.94. The van der Waals surface area contributed by atoms with Crippen LogP contribution >= 0.6 is 0 Å². The molecule has 0 N–H and O–H groups in total. The average molecular weight is 115 g/mol. The zero-order valence-electron chi connectivity index (χ0n) is 5.31. The van der Waals surface area contributed by atoms with Crippen LogP contribution in [0, 0.1) is 6.92 Å². The minimum Gasteiger partial charge on any atom is -0.463 e. The van der Waals surface area contributed by atoms with E-state index in [1.54, 1.807) is 0 Å². The van der Waals surface area contributed by atoms with Crippen LogP contribution in [0.3, 0.4) is 0 Å². The largest absolute Gasteiger partial charge is 0.463 e. The second kappa shape index (κ2) is 3.47.